The van der Waals surface area contributed by atoms with Crippen LogP contribution in [0.15, 0.2) is 0 Å². The van der Waals surface area contributed by atoms with Gasteiger partial charge in [-0.1, -0.05) is 0 Å². The fourth-order valence-corrected chi connectivity index (χ4v) is 0.297. The van der Waals surface area contributed by atoms with Crippen LogP contribution in [-0.2, 0) is 4.84 Å². The number of hydrogen-bond donors (Lipinski definition) is 2. The van der Waals surface area contributed by atoms with Crippen LogP contribution in [0.2, 0.25) is 0 Å². The minimum atomic E-state index is -0.222. The molecule has 1 atom stereocenters. The molecule has 50 valence electrons. The normalized spacial score (nSPS) is 13.9. The molecule has 0 heterocycles. The van der Waals surface area contributed by atoms with E-state index in [4.69, 9.17) is 0 Å². The molecule has 4 nitrogen and oxygen atoms in total. The van der Waals surface area contributed by atoms with Crippen molar-refractivity contribution in [2.75, 3.05) is 27.2 Å². The zero-order valence-electron chi connectivity index (χ0n) is 5.23. The predicted molar refractivity (Wildman–Crippen MR) is 30.1 cm³/mol. The van der Waals surface area contributed by atoms with Gasteiger partial charge in [0, 0.05) is 6.54 Å². The SMILES string of the molecule is CNCCO[NH+](C)[O-]. The van der Waals surface area contributed by atoms with E-state index in [0.29, 0.717) is 6.61 Å². The van der Waals surface area contributed by atoms with E-state index in [1.54, 1.807) is 0 Å². The zero-order chi connectivity index (χ0) is 6.41. The molecule has 0 amide bonds. The Morgan fingerprint density at radius 2 is 2.38 bits per heavy atom. The van der Waals surface area contributed by atoms with Crippen LogP contribution >= 0.6 is 0 Å². The lowest BCUT2D eigenvalue weighted by atomic mass is 10.7. The summed E-state index contributed by atoms with van der Waals surface area (Å²) in [5.74, 6) is 0. The highest BCUT2D eigenvalue weighted by atomic mass is 16.9. The van der Waals surface area contributed by atoms with Crippen molar-refractivity contribution in [3.05, 3.63) is 5.21 Å². The van der Waals surface area contributed by atoms with E-state index in [1.165, 1.54) is 7.05 Å². The van der Waals surface area contributed by atoms with E-state index in [2.05, 4.69) is 10.2 Å². The molecular formula is C4H12N2O2. The molecular weight excluding hydrogens is 108 g/mol. The third-order valence-corrected chi connectivity index (χ3v) is 0.657. The summed E-state index contributed by atoms with van der Waals surface area (Å²) in [4.78, 5) is 4.58. The summed E-state index contributed by atoms with van der Waals surface area (Å²) in [7, 11) is 3.21. The zero-order valence-corrected chi connectivity index (χ0v) is 5.23. The summed E-state index contributed by atoms with van der Waals surface area (Å²) in [6.07, 6.45) is 0. The van der Waals surface area contributed by atoms with Crippen molar-refractivity contribution in [2.24, 2.45) is 0 Å². The number of quaternary nitrogens is 1. The Bertz CT molecular complexity index is 49.3. The van der Waals surface area contributed by atoms with Gasteiger partial charge in [-0.05, 0) is 7.05 Å². The third-order valence-electron chi connectivity index (χ3n) is 0.657. The monoisotopic (exact) mass is 120 g/mol. The summed E-state index contributed by atoms with van der Waals surface area (Å²) < 4.78 is 0. The maximum absolute atomic E-state index is 10.1. The minimum absolute atomic E-state index is 0.222. The number of nitrogens with one attached hydrogen (secondary N) is 2. The molecule has 8 heavy (non-hydrogen) atoms. The second-order valence-corrected chi connectivity index (χ2v) is 1.44. The molecule has 0 spiro atoms. The maximum Gasteiger partial charge on any atom is 0.119 e. The Labute approximate surface area is 49.0 Å². The average molecular weight is 120 g/mol. The first-order valence-corrected chi connectivity index (χ1v) is 2.55. The van der Waals surface area contributed by atoms with Crippen molar-refractivity contribution in [1.29, 1.82) is 0 Å². The van der Waals surface area contributed by atoms with E-state index in [-0.39, 0.29) is 5.23 Å². The molecule has 0 saturated carbocycles. The van der Waals surface area contributed by atoms with Gasteiger partial charge in [-0.25, -0.2) is 10.1 Å². The van der Waals surface area contributed by atoms with Gasteiger partial charge in [0.15, 0.2) is 0 Å². The minimum Gasteiger partial charge on any atom is -0.600 e. The van der Waals surface area contributed by atoms with Crippen LogP contribution in [0.25, 0.3) is 0 Å². The van der Waals surface area contributed by atoms with E-state index in [1.807, 2.05) is 7.05 Å². The molecule has 0 aliphatic rings. The molecule has 0 rings (SSSR count). The summed E-state index contributed by atoms with van der Waals surface area (Å²) in [6, 6.07) is 0. The Hall–Kier alpha value is -0.160. The largest absolute Gasteiger partial charge is 0.600 e. The van der Waals surface area contributed by atoms with Crippen LogP contribution in [0.4, 0.5) is 0 Å². The Kier molecular flexibility index (Phi) is 4.89. The molecule has 1 unspecified atom stereocenters. The first-order valence-electron chi connectivity index (χ1n) is 2.55. The third kappa shape index (κ3) is 5.84. The summed E-state index contributed by atoms with van der Waals surface area (Å²) in [6.45, 7) is 1.19. The van der Waals surface area contributed by atoms with E-state index >= 15 is 0 Å². The van der Waals surface area contributed by atoms with Crippen molar-refractivity contribution < 1.29 is 10.1 Å². The van der Waals surface area contributed by atoms with Crippen molar-refractivity contribution in [1.82, 2.24) is 5.32 Å². The lowest BCUT2D eigenvalue weighted by Gasteiger charge is -2.12. The quantitative estimate of drug-likeness (QED) is 0.338. The Balaban J connectivity index is 2.72. The van der Waals surface area contributed by atoms with Gasteiger partial charge in [-0.2, -0.15) is 0 Å². The van der Waals surface area contributed by atoms with Crippen LogP contribution in [0, 0.1) is 5.21 Å². The smallest absolute Gasteiger partial charge is 0.119 e. The van der Waals surface area contributed by atoms with Crippen LogP contribution < -0.4 is 10.5 Å². The van der Waals surface area contributed by atoms with E-state index in [9.17, 15) is 5.21 Å². The second kappa shape index (κ2) is 4.99. The van der Waals surface area contributed by atoms with Crippen molar-refractivity contribution in [2.45, 2.75) is 0 Å². The van der Waals surface area contributed by atoms with Gasteiger partial charge in [0.2, 0.25) is 0 Å². The van der Waals surface area contributed by atoms with Crippen molar-refractivity contribution in [3.63, 3.8) is 0 Å². The molecule has 0 bridgehead atoms. The van der Waals surface area contributed by atoms with Gasteiger partial charge in [0.05, 0.1) is 7.05 Å². The molecule has 0 aromatic carbocycles. The fourth-order valence-electron chi connectivity index (χ4n) is 0.297. The van der Waals surface area contributed by atoms with Gasteiger partial charge in [0.25, 0.3) is 0 Å². The molecule has 0 aliphatic heterocycles. The number of hydroxylamine groups is 2. The summed E-state index contributed by atoms with van der Waals surface area (Å²) >= 11 is 0. The number of hydrogen-bond acceptors (Lipinski definition) is 3. The standard InChI is InChI=1S/C4H12N2O2/c1-5-3-4-8-6(2)7/h5-6H,3-4H2,1-2H3. The first-order chi connectivity index (χ1) is 3.77. The topological polar surface area (TPSA) is 48.8 Å². The molecule has 0 aromatic rings. The van der Waals surface area contributed by atoms with Gasteiger partial charge in [-0.3, -0.25) is 0 Å². The van der Waals surface area contributed by atoms with Crippen molar-refractivity contribution >= 4 is 0 Å². The molecule has 2 N–H and O–H groups in total. The lowest BCUT2D eigenvalue weighted by Crippen LogP contribution is -3.02. The molecule has 0 radical (unpaired) electrons. The van der Waals surface area contributed by atoms with Crippen molar-refractivity contribution in [3.8, 4) is 0 Å². The fraction of sp³-hybridized carbons (Fsp3) is 1.00. The van der Waals surface area contributed by atoms with Gasteiger partial charge >= 0.3 is 0 Å². The van der Waals surface area contributed by atoms with Gasteiger partial charge in [0.1, 0.15) is 6.61 Å². The number of likely N-dealkylation sites (N-methyl/N-ethyl adjacent to an activating group) is 1. The van der Waals surface area contributed by atoms with Crippen LogP contribution in [0.3, 0.4) is 0 Å². The van der Waals surface area contributed by atoms with E-state index < -0.39 is 0 Å². The van der Waals surface area contributed by atoms with Gasteiger partial charge < -0.3 is 10.5 Å². The van der Waals surface area contributed by atoms with Crippen LogP contribution in [0.1, 0.15) is 0 Å². The van der Waals surface area contributed by atoms with Crippen LogP contribution in [-0.4, -0.2) is 27.2 Å². The summed E-state index contributed by atoms with van der Waals surface area (Å²) in [5.41, 5.74) is 0. The second-order valence-electron chi connectivity index (χ2n) is 1.44. The number of rotatable bonds is 4. The first kappa shape index (κ1) is 7.84. The lowest BCUT2D eigenvalue weighted by molar-refractivity contribution is -1.04. The molecule has 0 aromatic heterocycles. The highest BCUT2D eigenvalue weighted by molar-refractivity contribution is 4.29. The molecule has 0 aliphatic carbocycles. The average Bonchev–Trinajstić information content (AvgIpc) is 1.66. The highest BCUT2D eigenvalue weighted by Gasteiger charge is 1.85. The molecule has 0 fully saturated rings. The predicted octanol–water partition coefficient (Wildman–Crippen LogP) is -1.85. The molecule has 4 heteroatoms. The molecule has 0 saturated heterocycles. The van der Waals surface area contributed by atoms with Gasteiger partial charge in [-0.15, -0.1) is 0 Å². The summed E-state index contributed by atoms with van der Waals surface area (Å²) in [5, 5.41) is 12.7. The Morgan fingerprint density at radius 1 is 1.75 bits per heavy atom. The Morgan fingerprint density at radius 3 is 2.75 bits per heavy atom. The van der Waals surface area contributed by atoms with Crippen LogP contribution in [0.5, 0.6) is 0 Å². The maximum atomic E-state index is 10.1. The highest BCUT2D eigenvalue weighted by Crippen LogP contribution is 1.54. The van der Waals surface area contributed by atoms with E-state index in [0.717, 1.165) is 6.54 Å².